The Bertz CT molecular complexity index is 396. The first-order chi connectivity index (χ1) is 9.04. The van der Waals surface area contributed by atoms with Crippen LogP contribution in [-0.4, -0.2) is 34.6 Å². The number of piperidine rings is 1. The van der Waals surface area contributed by atoms with Crippen LogP contribution in [0.25, 0.3) is 0 Å². The number of thiazole rings is 1. The van der Waals surface area contributed by atoms with E-state index in [-0.39, 0.29) is 11.6 Å². The minimum Gasteiger partial charge on any atom is -0.297 e. The molecule has 0 saturated carbocycles. The van der Waals surface area contributed by atoms with Crippen molar-refractivity contribution in [1.82, 2.24) is 15.3 Å². The second-order valence-electron chi connectivity index (χ2n) is 6.01. The molecule has 3 N–H and O–H groups in total. The van der Waals surface area contributed by atoms with Gasteiger partial charge in [-0.3, -0.25) is 16.2 Å². The highest BCUT2D eigenvalue weighted by Gasteiger charge is 2.35. The zero-order valence-electron chi connectivity index (χ0n) is 12.3. The lowest BCUT2D eigenvalue weighted by molar-refractivity contribution is 0.0611. The molecule has 1 aromatic heterocycles. The topological polar surface area (TPSA) is 54.2 Å². The minimum absolute atomic E-state index is 0.0642. The number of nitrogens with one attached hydrogen (secondary N) is 1. The van der Waals surface area contributed by atoms with Crippen molar-refractivity contribution in [2.24, 2.45) is 5.84 Å². The summed E-state index contributed by atoms with van der Waals surface area (Å²) >= 11 is 1.73. The van der Waals surface area contributed by atoms with E-state index in [9.17, 15) is 0 Å². The number of aromatic nitrogens is 1. The first-order valence-corrected chi connectivity index (χ1v) is 8.04. The Morgan fingerprint density at radius 2 is 2.11 bits per heavy atom. The van der Waals surface area contributed by atoms with Gasteiger partial charge in [-0.15, -0.1) is 11.3 Å². The molecular formula is C14H26N4S. The van der Waals surface area contributed by atoms with E-state index in [2.05, 4.69) is 34.5 Å². The van der Waals surface area contributed by atoms with E-state index >= 15 is 0 Å². The summed E-state index contributed by atoms with van der Waals surface area (Å²) in [7, 11) is 0. The van der Waals surface area contributed by atoms with E-state index < -0.39 is 0 Å². The van der Waals surface area contributed by atoms with Gasteiger partial charge in [-0.05, 0) is 46.7 Å². The van der Waals surface area contributed by atoms with E-state index in [1.807, 2.05) is 6.92 Å². The summed E-state index contributed by atoms with van der Waals surface area (Å²) in [5, 5.41) is 3.28. The Hall–Kier alpha value is -0.490. The van der Waals surface area contributed by atoms with Gasteiger partial charge in [-0.2, -0.15) is 0 Å². The second-order valence-corrected chi connectivity index (χ2v) is 6.95. The number of rotatable bonds is 5. The van der Waals surface area contributed by atoms with Crippen LogP contribution in [0.3, 0.4) is 0 Å². The zero-order chi connectivity index (χ0) is 13.9. The van der Waals surface area contributed by atoms with Crippen molar-refractivity contribution in [1.29, 1.82) is 0 Å². The molecule has 5 heteroatoms. The van der Waals surface area contributed by atoms with Crippen molar-refractivity contribution in [3.63, 3.8) is 0 Å². The van der Waals surface area contributed by atoms with Gasteiger partial charge in [0.05, 0.1) is 5.01 Å². The average Bonchev–Trinajstić information content (AvgIpc) is 2.82. The van der Waals surface area contributed by atoms with Crippen LogP contribution in [0.1, 0.15) is 43.8 Å². The van der Waals surface area contributed by atoms with Crippen LogP contribution in [0.2, 0.25) is 0 Å². The van der Waals surface area contributed by atoms with Gasteiger partial charge in [0.2, 0.25) is 0 Å². The fraction of sp³-hybridized carbons (Fsp3) is 0.786. The van der Waals surface area contributed by atoms with E-state index in [1.165, 1.54) is 37.4 Å². The molecule has 4 nitrogen and oxygen atoms in total. The normalized spacial score (nSPS) is 19.6. The third-order valence-corrected chi connectivity index (χ3v) is 5.26. The van der Waals surface area contributed by atoms with Gasteiger partial charge in [-0.25, -0.2) is 4.98 Å². The van der Waals surface area contributed by atoms with Crippen molar-refractivity contribution >= 4 is 11.3 Å². The first-order valence-electron chi connectivity index (χ1n) is 7.16. The van der Waals surface area contributed by atoms with Crippen LogP contribution < -0.4 is 11.3 Å². The number of nitrogens with two attached hydrogens (primary N) is 1. The van der Waals surface area contributed by atoms with Crippen molar-refractivity contribution < 1.29 is 0 Å². The second kappa shape index (κ2) is 6.31. The molecule has 19 heavy (non-hydrogen) atoms. The highest BCUT2D eigenvalue weighted by molar-refractivity contribution is 7.09. The predicted octanol–water partition coefficient (Wildman–Crippen LogP) is 2.09. The van der Waals surface area contributed by atoms with Crippen molar-refractivity contribution in [3.05, 3.63) is 16.1 Å². The highest BCUT2D eigenvalue weighted by Crippen LogP contribution is 2.26. The third-order valence-electron chi connectivity index (χ3n) is 4.27. The SMILES string of the molecule is Cc1csc(CC(NN)C(C)(C)N2CCCCC2)n1. The largest absolute Gasteiger partial charge is 0.297 e. The Balaban J connectivity index is 2.06. The van der Waals surface area contributed by atoms with E-state index in [4.69, 9.17) is 5.84 Å². The Labute approximate surface area is 120 Å². The van der Waals surface area contributed by atoms with Crippen LogP contribution in [0.4, 0.5) is 0 Å². The average molecular weight is 282 g/mol. The summed E-state index contributed by atoms with van der Waals surface area (Å²) in [6.45, 7) is 9.00. The summed E-state index contributed by atoms with van der Waals surface area (Å²) in [5.74, 6) is 5.82. The van der Waals surface area contributed by atoms with Crippen LogP contribution in [-0.2, 0) is 6.42 Å². The number of hydrazine groups is 1. The molecule has 1 saturated heterocycles. The third kappa shape index (κ3) is 3.54. The fourth-order valence-corrected chi connectivity index (χ4v) is 3.69. The highest BCUT2D eigenvalue weighted by atomic mass is 32.1. The van der Waals surface area contributed by atoms with E-state index in [0.717, 1.165) is 12.1 Å². The molecule has 108 valence electrons. The van der Waals surface area contributed by atoms with Gasteiger partial charge in [-0.1, -0.05) is 6.42 Å². The maximum atomic E-state index is 5.82. The lowest BCUT2D eigenvalue weighted by atomic mass is 9.88. The molecule has 0 aromatic carbocycles. The van der Waals surface area contributed by atoms with Gasteiger partial charge >= 0.3 is 0 Å². The molecule has 1 atom stereocenters. The fourth-order valence-electron chi connectivity index (χ4n) is 2.87. The Morgan fingerprint density at radius 1 is 1.42 bits per heavy atom. The molecule has 1 fully saturated rings. The lowest BCUT2D eigenvalue weighted by Gasteiger charge is -2.45. The van der Waals surface area contributed by atoms with Gasteiger partial charge in [0.15, 0.2) is 0 Å². The maximum Gasteiger partial charge on any atom is 0.0944 e. The summed E-state index contributed by atoms with van der Waals surface area (Å²) in [5.41, 5.74) is 4.19. The molecule has 2 rings (SSSR count). The number of aryl methyl sites for hydroxylation is 1. The van der Waals surface area contributed by atoms with Gasteiger partial charge < -0.3 is 0 Å². The summed E-state index contributed by atoms with van der Waals surface area (Å²) in [6, 6.07) is 0.233. The van der Waals surface area contributed by atoms with Crippen molar-refractivity contribution in [3.8, 4) is 0 Å². The monoisotopic (exact) mass is 282 g/mol. The minimum atomic E-state index is 0.0642. The molecule has 0 aliphatic carbocycles. The number of hydrogen-bond acceptors (Lipinski definition) is 5. The molecular weight excluding hydrogens is 256 g/mol. The van der Waals surface area contributed by atoms with Gasteiger partial charge in [0.25, 0.3) is 0 Å². The van der Waals surface area contributed by atoms with E-state index in [0.29, 0.717) is 0 Å². The first kappa shape index (κ1) is 14.9. The zero-order valence-corrected chi connectivity index (χ0v) is 13.1. The van der Waals surface area contributed by atoms with Crippen LogP contribution in [0.5, 0.6) is 0 Å². The maximum absolute atomic E-state index is 5.82. The molecule has 0 radical (unpaired) electrons. The summed E-state index contributed by atoms with van der Waals surface area (Å²) in [6.07, 6.45) is 4.87. The smallest absolute Gasteiger partial charge is 0.0944 e. The molecule has 0 amide bonds. The molecule has 1 aromatic rings. The molecule has 1 aliphatic heterocycles. The number of nitrogens with zero attached hydrogens (tertiary/aromatic N) is 2. The van der Waals surface area contributed by atoms with Gasteiger partial charge in [0.1, 0.15) is 0 Å². The lowest BCUT2D eigenvalue weighted by Crippen LogP contribution is -2.61. The van der Waals surface area contributed by atoms with Crippen LogP contribution in [0, 0.1) is 6.92 Å². The number of hydrogen-bond donors (Lipinski definition) is 2. The van der Waals surface area contributed by atoms with Crippen molar-refractivity contribution in [2.45, 2.75) is 58.0 Å². The van der Waals surface area contributed by atoms with E-state index in [1.54, 1.807) is 11.3 Å². The van der Waals surface area contributed by atoms with Crippen LogP contribution >= 0.6 is 11.3 Å². The van der Waals surface area contributed by atoms with Crippen molar-refractivity contribution in [2.75, 3.05) is 13.1 Å². The Morgan fingerprint density at radius 3 is 2.63 bits per heavy atom. The molecule has 0 bridgehead atoms. The molecule has 1 unspecified atom stereocenters. The van der Waals surface area contributed by atoms with Gasteiger partial charge in [0, 0.05) is 29.1 Å². The standard InChI is InChI=1S/C14H26N4S/c1-11-10-19-13(16-11)9-12(17-15)14(2,3)18-7-5-4-6-8-18/h10,12,17H,4-9,15H2,1-3H3. The number of likely N-dealkylation sites (tertiary alicyclic amines) is 1. The molecule has 0 spiro atoms. The molecule has 2 heterocycles. The predicted molar refractivity (Wildman–Crippen MR) is 81.2 cm³/mol. The quantitative estimate of drug-likeness (QED) is 0.641. The van der Waals surface area contributed by atoms with Crippen LogP contribution in [0.15, 0.2) is 5.38 Å². The Kier molecular flexibility index (Phi) is 4.95. The molecule has 1 aliphatic rings. The summed E-state index contributed by atoms with van der Waals surface area (Å²) < 4.78 is 0. The summed E-state index contributed by atoms with van der Waals surface area (Å²) in [4.78, 5) is 7.13.